The Morgan fingerprint density at radius 2 is 2.17 bits per heavy atom. The van der Waals surface area contributed by atoms with Crippen LogP contribution in [0.4, 0.5) is 0 Å². The van der Waals surface area contributed by atoms with Gasteiger partial charge in [-0.25, -0.2) is 0 Å². The van der Waals surface area contributed by atoms with Crippen molar-refractivity contribution in [3.05, 3.63) is 46.2 Å². The topological polar surface area (TPSA) is 18.5 Å². The molecule has 1 aromatic heterocycles. The SMILES string of the molecule is COc1ccc(CCl)c(OCCc2ccsc2)c1. The first kappa shape index (κ1) is 13.2. The number of rotatable bonds is 6. The Kier molecular flexibility index (Phi) is 4.90. The second-order valence-corrected chi connectivity index (χ2v) is 4.88. The van der Waals surface area contributed by atoms with Gasteiger partial charge in [0, 0.05) is 18.1 Å². The molecule has 0 aliphatic rings. The number of ether oxygens (including phenoxy) is 2. The maximum atomic E-state index is 5.89. The molecule has 1 aromatic carbocycles. The van der Waals surface area contributed by atoms with Crippen LogP contribution in [0.5, 0.6) is 11.5 Å². The summed E-state index contributed by atoms with van der Waals surface area (Å²) in [5.41, 5.74) is 2.29. The van der Waals surface area contributed by atoms with E-state index in [0.29, 0.717) is 12.5 Å². The van der Waals surface area contributed by atoms with Gasteiger partial charge in [0.1, 0.15) is 11.5 Å². The number of alkyl halides is 1. The standard InChI is InChI=1S/C14H15ClO2S/c1-16-13-3-2-12(9-15)14(8-13)17-6-4-11-5-7-18-10-11/h2-3,5,7-8,10H,4,6,9H2,1H3. The van der Waals surface area contributed by atoms with E-state index in [1.807, 2.05) is 18.2 Å². The van der Waals surface area contributed by atoms with Gasteiger partial charge in [-0.15, -0.1) is 11.6 Å². The van der Waals surface area contributed by atoms with E-state index in [1.165, 1.54) is 5.56 Å². The van der Waals surface area contributed by atoms with Crippen molar-refractivity contribution >= 4 is 22.9 Å². The summed E-state index contributed by atoms with van der Waals surface area (Å²) in [6, 6.07) is 7.82. The fourth-order valence-corrected chi connectivity index (χ4v) is 2.54. The van der Waals surface area contributed by atoms with Crippen molar-refractivity contribution in [3.8, 4) is 11.5 Å². The Morgan fingerprint density at radius 3 is 2.83 bits per heavy atom. The molecular weight excluding hydrogens is 268 g/mol. The third kappa shape index (κ3) is 3.40. The van der Waals surface area contributed by atoms with E-state index in [-0.39, 0.29) is 0 Å². The van der Waals surface area contributed by atoms with Crippen LogP contribution in [0.2, 0.25) is 0 Å². The predicted octanol–water partition coefficient (Wildman–Crippen LogP) is 4.12. The molecule has 0 atom stereocenters. The van der Waals surface area contributed by atoms with Gasteiger partial charge < -0.3 is 9.47 Å². The summed E-state index contributed by atoms with van der Waals surface area (Å²) in [5, 5.41) is 4.21. The predicted molar refractivity (Wildman–Crippen MR) is 76.1 cm³/mol. The summed E-state index contributed by atoms with van der Waals surface area (Å²) in [4.78, 5) is 0. The molecule has 0 amide bonds. The smallest absolute Gasteiger partial charge is 0.127 e. The van der Waals surface area contributed by atoms with Crippen LogP contribution in [0.3, 0.4) is 0 Å². The zero-order chi connectivity index (χ0) is 12.8. The molecule has 0 aliphatic carbocycles. The van der Waals surface area contributed by atoms with Gasteiger partial charge in [-0.2, -0.15) is 11.3 Å². The van der Waals surface area contributed by atoms with E-state index in [2.05, 4.69) is 16.8 Å². The van der Waals surface area contributed by atoms with Gasteiger partial charge in [0.2, 0.25) is 0 Å². The van der Waals surface area contributed by atoms with Crippen LogP contribution in [0, 0.1) is 0 Å². The maximum absolute atomic E-state index is 5.89. The fraction of sp³-hybridized carbons (Fsp3) is 0.286. The molecule has 0 aliphatic heterocycles. The average Bonchev–Trinajstić information content (AvgIpc) is 2.92. The third-order valence-corrected chi connectivity index (χ3v) is 3.67. The second kappa shape index (κ2) is 6.66. The summed E-state index contributed by atoms with van der Waals surface area (Å²) in [5.74, 6) is 2.03. The lowest BCUT2D eigenvalue weighted by Crippen LogP contribution is -2.02. The van der Waals surface area contributed by atoms with Gasteiger partial charge in [-0.1, -0.05) is 6.07 Å². The highest BCUT2D eigenvalue weighted by Crippen LogP contribution is 2.26. The van der Waals surface area contributed by atoms with E-state index in [0.717, 1.165) is 23.5 Å². The lowest BCUT2D eigenvalue weighted by atomic mass is 10.2. The molecule has 4 heteroatoms. The molecule has 0 saturated heterocycles. The molecule has 0 spiro atoms. The number of halogens is 1. The van der Waals surface area contributed by atoms with Crippen LogP contribution < -0.4 is 9.47 Å². The minimum absolute atomic E-state index is 0.442. The second-order valence-electron chi connectivity index (χ2n) is 3.84. The van der Waals surface area contributed by atoms with Crippen molar-refractivity contribution in [2.45, 2.75) is 12.3 Å². The number of methoxy groups -OCH3 is 1. The molecule has 0 radical (unpaired) electrons. The molecule has 0 fully saturated rings. The summed E-state index contributed by atoms with van der Waals surface area (Å²) in [6.45, 7) is 0.647. The first-order valence-electron chi connectivity index (χ1n) is 5.70. The minimum Gasteiger partial charge on any atom is -0.497 e. The van der Waals surface area contributed by atoms with E-state index in [9.17, 15) is 0 Å². The Labute approximate surface area is 116 Å². The molecule has 0 saturated carbocycles. The van der Waals surface area contributed by atoms with Gasteiger partial charge in [-0.3, -0.25) is 0 Å². The van der Waals surface area contributed by atoms with E-state index in [4.69, 9.17) is 21.1 Å². The lowest BCUT2D eigenvalue weighted by Gasteiger charge is -2.11. The number of benzene rings is 1. The van der Waals surface area contributed by atoms with Gasteiger partial charge in [-0.05, 0) is 28.5 Å². The van der Waals surface area contributed by atoms with Gasteiger partial charge >= 0.3 is 0 Å². The van der Waals surface area contributed by atoms with Crippen molar-refractivity contribution in [1.29, 1.82) is 0 Å². The number of thiophene rings is 1. The molecule has 1 heterocycles. The molecule has 18 heavy (non-hydrogen) atoms. The third-order valence-electron chi connectivity index (χ3n) is 2.65. The van der Waals surface area contributed by atoms with Crippen LogP contribution in [-0.2, 0) is 12.3 Å². The van der Waals surface area contributed by atoms with E-state index >= 15 is 0 Å². The quantitative estimate of drug-likeness (QED) is 0.742. The summed E-state index contributed by atoms with van der Waals surface area (Å²) >= 11 is 7.59. The van der Waals surface area contributed by atoms with Crippen LogP contribution >= 0.6 is 22.9 Å². The monoisotopic (exact) mass is 282 g/mol. The molecule has 0 unspecified atom stereocenters. The molecule has 0 bridgehead atoms. The zero-order valence-electron chi connectivity index (χ0n) is 10.2. The summed E-state index contributed by atoms with van der Waals surface area (Å²) in [6.07, 6.45) is 0.905. The fourth-order valence-electron chi connectivity index (χ4n) is 1.62. The number of hydrogen-bond acceptors (Lipinski definition) is 3. The molecular formula is C14H15ClO2S. The first-order chi connectivity index (χ1) is 8.83. The minimum atomic E-state index is 0.442. The summed E-state index contributed by atoms with van der Waals surface area (Å²) in [7, 11) is 1.64. The van der Waals surface area contributed by atoms with Crippen LogP contribution in [0.25, 0.3) is 0 Å². The maximum Gasteiger partial charge on any atom is 0.127 e. The van der Waals surface area contributed by atoms with Crippen molar-refractivity contribution in [2.75, 3.05) is 13.7 Å². The Hall–Kier alpha value is -1.19. The van der Waals surface area contributed by atoms with Gasteiger partial charge in [0.05, 0.1) is 19.6 Å². The number of hydrogen-bond donors (Lipinski definition) is 0. The normalized spacial score (nSPS) is 10.3. The van der Waals surface area contributed by atoms with Gasteiger partial charge in [0.25, 0.3) is 0 Å². The highest BCUT2D eigenvalue weighted by molar-refractivity contribution is 7.07. The van der Waals surface area contributed by atoms with Crippen molar-refractivity contribution in [3.63, 3.8) is 0 Å². The molecule has 0 N–H and O–H groups in total. The average molecular weight is 283 g/mol. The highest BCUT2D eigenvalue weighted by atomic mass is 35.5. The lowest BCUT2D eigenvalue weighted by molar-refractivity contribution is 0.316. The zero-order valence-corrected chi connectivity index (χ0v) is 11.8. The Bertz CT molecular complexity index is 483. The molecule has 2 nitrogen and oxygen atoms in total. The van der Waals surface area contributed by atoms with Crippen molar-refractivity contribution in [1.82, 2.24) is 0 Å². The Morgan fingerprint density at radius 1 is 1.28 bits per heavy atom. The van der Waals surface area contributed by atoms with Gasteiger partial charge in [0.15, 0.2) is 0 Å². The first-order valence-corrected chi connectivity index (χ1v) is 7.18. The summed E-state index contributed by atoms with van der Waals surface area (Å²) < 4.78 is 11.0. The van der Waals surface area contributed by atoms with Crippen molar-refractivity contribution in [2.24, 2.45) is 0 Å². The molecule has 2 aromatic rings. The molecule has 2 rings (SSSR count). The van der Waals surface area contributed by atoms with Crippen LogP contribution in [0.15, 0.2) is 35.0 Å². The Balaban J connectivity index is 1.98. The van der Waals surface area contributed by atoms with Crippen LogP contribution in [-0.4, -0.2) is 13.7 Å². The van der Waals surface area contributed by atoms with Crippen molar-refractivity contribution < 1.29 is 9.47 Å². The van der Waals surface area contributed by atoms with E-state index < -0.39 is 0 Å². The highest BCUT2D eigenvalue weighted by Gasteiger charge is 2.05. The largest absolute Gasteiger partial charge is 0.497 e. The molecule has 96 valence electrons. The van der Waals surface area contributed by atoms with Crippen LogP contribution in [0.1, 0.15) is 11.1 Å². The van der Waals surface area contributed by atoms with E-state index in [1.54, 1.807) is 18.4 Å².